The fourth-order valence-electron chi connectivity index (χ4n) is 1.11. The van der Waals surface area contributed by atoms with Crippen LogP contribution in [-0.4, -0.2) is 35.1 Å². The summed E-state index contributed by atoms with van der Waals surface area (Å²) in [6.45, 7) is 0. The van der Waals surface area contributed by atoms with Crippen LogP contribution in [0.5, 0.6) is 5.75 Å². The predicted octanol–water partition coefficient (Wildman–Crippen LogP) is 0.265. The van der Waals surface area contributed by atoms with Gasteiger partial charge in [0.05, 0.1) is 5.56 Å². The van der Waals surface area contributed by atoms with Crippen LogP contribution in [0.15, 0.2) is 18.2 Å². The molecule has 1 aromatic rings. The van der Waals surface area contributed by atoms with E-state index < -0.39 is 39.2 Å². The van der Waals surface area contributed by atoms with Crippen molar-refractivity contribution in [2.75, 3.05) is 0 Å². The Balaban J connectivity index is 3.46. The lowest BCUT2D eigenvalue weighted by atomic mass is 10.1. The maximum Gasteiger partial charge on any atom is 0.446 e. The molecule has 0 saturated carbocycles. The molecule has 0 saturated heterocycles. The van der Waals surface area contributed by atoms with E-state index in [1.165, 1.54) is 0 Å². The van der Waals surface area contributed by atoms with Gasteiger partial charge in [-0.25, -0.2) is 9.59 Å². The molecule has 0 spiro atoms. The van der Waals surface area contributed by atoms with E-state index in [-0.39, 0.29) is 0 Å². The quantitative estimate of drug-likeness (QED) is 0.657. The zero-order valence-electron chi connectivity index (χ0n) is 8.02. The summed E-state index contributed by atoms with van der Waals surface area (Å²) in [4.78, 5) is 21.5. The van der Waals surface area contributed by atoms with Crippen molar-refractivity contribution in [2.24, 2.45) is 0 Å². The van der Waals surface area contributed by atoms with Crippen LogP contribution in [0.4, 0.5) is 0 Å². The molecule has 0 heterocycles. The van der Waals surface area contributed by atoms with E-state index in [0.717, 1.165) is 18.2 Å². The third-order valence-electron chi connectivity index (χ3n) is 1.67. The molecule has 0 fully saturated rings. The van der Waals surface area contributed by atoms with Gasteiger partial charge >= 0.3 is 22.3 Å². The molecule has 1 rings (SSSR count). The molecule has 92 valence electrons. The second-order valence-corrected chi connectivity index (χ2v) is 3.82. The Kier molecular flexibility index (Phi) is 3.34. The van der Waals surface area contributed by atoms with Gasteiger partial charge in [-0.2, -0.15) is 8.42 Å². The average Bonchev–Trinajstić information content (AvgIpc) is 2.14. The van der Waals surface area contributed by atoms with Crippen molar-refractivity contribution >= 4 is 22.3 Å². The van der Waals surface area contributed by atoms with Gasteiger partial charge in [0.1, 0.15) is 5.56 Å². The van der Waals surface area contributed by atoms with Crippen LogP contribution in [0.25, 0.3) is 0 Å². The van der Waals surface area contributed by atoms with Gasteiger partial charge in [-0.15, -0.1) is 0 Å². The third kappa shape index (κ3) is 3.16. The Morgan fingerprint density at radius 1 is 1.12 bits per heavy atom. The Hall–Kier alpha value is -2.13. The SMILES string of the molecule is O=C(O)c1cccc(OS(=O)(=O)O)c1C(=O)O. The number of carboxylic acids is 2. The largest absolute Gasteiger partial charge is 0.478 e. The highest BCUT2D eigenvalue weighted by molar-refractivity contribution is 7.81. The van der Waals surface area contributed by atoms with Crippen LogP contribution in [0.3, 0.4) is 0 Å². The highest BCUT2D eigenvalue weighted by Gasteiger charge is 2.23. The summed E-state index contributed by atoms with van der Waals surface area (Å²) >= 11 is 0. The second kappa shape index (κ2) is 4.39. The molecule has 8 nitrogen and oxygen atoms in total. The minimum Gasteiger partial charge on any atom is -0.478 e. The van der Waals surface area contributed by atoms with Crippen LogP contribution in [0, 0.1) is 0 Å². The standard InChI is InChI=1S/C8H6O8S/c9-7(10)4-2-1-3-5(6(4)8(11)12)16-17(13,14)15/h1-3H,(H,9,10)(H,11,12)(H,13,14,15). The molecule has 0 bridgehead atoms. The molecule has 0 amide bonds. The second-order valence-electron chi connectivity index (χ2n) is 2.80. The molecule has 0 radical (unpaired) electrons. The molecule has 0 unspecified atom stereocenters. The summed E-state index contributed by atoms with van der Waals surface area (Å²) in [5.74, 6) is -4.04. The third-order valence-corrected chi connectivity index (χ3v) is 2.06. The Labute approximate surface area is 95.0 Å². The molecule has 9 heteroatoms. The number of rotatable bonds is 4. The number of hydrogen-bond donors (Lipinski definition) is 3. The smallest absolute Gasteiger partial charge is 0.446 e. The van der Waals surface area contributed by atoms with Crippen LogP contribution in [0.2, 0.25) is 0 Å². The maximum atomic E-state index is 10.8. The van der Waals surface area contributed by atoms with Crippen molar-refractivity contribution < 1.29 is 37.0 Å². The maximum absolute atomic E-state index is 10.8. The first-order valence-corrected chi connectivity index (χ1v) is 5.35. The lowest BCUT2D eigenvalue weighted by molar-refractivity contribution is 0.0649. The Morgan fingerprint density at radius 3 is 2.12 bits per heavy atom. The number of carboxylic acid groups (broad SMARTS) is 2. The van der Waals surface area contributed by atoms with Crippen molar-refractivity contribution in [1.29, 1.82) is 0 Å². The highest BCUT2D eigenvalue weighted by Crippen LogP contribution is 2.23. The van der Waals surface area contributed by atoms with Crippen molar-refractivity contribution in [3.63, 3.8) is 0 Å². The monoisotopic (exact) mass is 262 g/mol. The van der Waals surface area contributed by atoms with E-state index >= 15 is 0 Å². The topological polar surface area (TPSA) is 138 Å². The van der Waals surface area contributed by atoms with Gasteiger partial charge in [-0.05, 0) is 12.1 Å². The van der Waals surface area contributed by atoms with Crippen LogP contribution >= 0.6 is 0 Å². The van der Waals surface area contributed by atoms with Crippen LogP contribution in [-0.2, 0) is 10.4 Å². The van der Waals surface area contributed by atoms with Crippen molar-refractivity contribution in [3.05, 3.63) is 29.3 Å². The highest BCUT2D eigenvalue weighted by atomic mass is 32.3. The zero-order valence-corrected chi connectivity index (χ0v) is 8.84. The van der Waals surface area contributed by atoms with Crippen LogP contribution in [0.1, 0.15) is 20.7 Å². The fourth-order valence-corrected chi connectivity index (χ4v) is 1.48. The van der Waals surface area contributed by atoms with E-state index in [4.69, 9.17) is 14.8 Å². The van der Waals surface area contributed by atoms with E-state index in [9.17, 15) is 18.0 Å². The number of aromatic carboxylic acids is 2. The fraction of sp³-hybridized carbons (Fsp3) is 0. The van der Waals surface area contributed by atoms with E-state index in [1.807, 2.05) is 0 Å². The molecule has 17 heavy (non-hydrogen) atoms. The molecular weight excluding hydrogens is 256 g/mol. The average molecular weight is 262 g/mol. The van der Waals surface area contributed by atoms with E-state index in [0.29, 0.717) is 0 Å². The number of carbonyl (C=O) groups is 2. The molecule has 1 aromatic carbocycles. The van der Waals surface area contributed by atoms with Gasteiger partial charge in [0.2, 0.25) is 0 Å². The number of hydrogen-bond acceptors (Lipinski definition) is 5. The summed E-state index contributed by atoms with van der Waals surface area (Å²) < 4.78 is 33.3. The first kappa shape index (κ1) is 12.9. The normalized spacial score (nSPS) is 10.9. The first-order chi connectivity index (χ1) is 7.72. The molecule has 0 aromatic heterocycles. The van der Waals surface area contributed by atoms with Crippen LogP contribution < -0.4 is 4.18 Å². The summed E-state index contributed by atoms with van der Waals surface area (Å²) in [5, 5.41) is 17.5. The van der Waals surface area contributed by atoms with E-state index in [2.05, 4.69) is 4.18 Å². The molecular formula is C8H6O8S. The summed E-state index contributed by atoms with van der Waals surface area (Å²) in [6, 6.07) is 2.95. The van der Waals surface area contributed by atoms with E-state index in [1.54, 1.807) is 0 Å². The summed E-state index contributed by atoms with van der Waals surface area (Å²) in [7, 11) is -4.93. The van der Waals surface area contributed by atoms with Gasteiger partial charge in [0.15, 0.2) is 5.75 Å². The molecule has 0 aliphatic rings. The van der Waals surface area contributed by atoms with Gasteiger partial charge < -0.3 is 14.4 Å². The lowest BCUT2D eigenvalue weighted by Crippen LogP contribution is -2.14. The van der Waals surface area contributed by atoms with Gasteiger partial charge in [-0.3, -0.25) is 4.55 Å². The molecule has 0 atom stereocenters. The molecule has 3 N–H and O–H groups in total. The minimum atomic E-state index is -4.93. The van der Waals surface area contributed by atoms with Gasteiger partial charge in [-0.1, -0.05) is 6.07 Å². The zero-order chi connectivity index (χ0) is 13.2. The first-order valence-electron chi connectivity index (χ1n) is 3.99. The van der Waals surface area contributed by atoms with Crippen molar-refractivity contribution in [3.8, 4) is 5.75 Å². The minimum absolute atomic E-state index is 0.654. The van der Waals surface area contributed by atoms with Gasteiger partial charge in [0, 0.05) is 0 Å². The summed E-state index contributed by atoms with van der Waals surface area (Å²) in [5.41, 5.74) is -1.52. The molecule has 0 aliphatic carbocycles. The number of benzene rings is 1. The van der Waals surface area contributed by atoms with Crippen molar-refractivity contribution in [2.45, 2.75) is 0 Å². The Morgan fingerprint density at radius 2 is 1.71 bits per heavy atom. The van der Waals surface area contributed by atoms with Crippen molar-refractivity contribution in [1.82, 2.24) is 0 Å². The van der Waals surface area contributed by atoms with Gasteiger partial charge in [0.25, 0.3) is 0 Å². The Bertz CT molecular complexity index is 573. The molecule has 0 aliphatic heterocycles. The predicted molar refractivity (Wildman–Crippen MR) is 52.5 cm³/mol. The summed E-state index contributed by atoms with van der Waals surface area (Å²) in [6.07, 6.45) is 0. The lowest BCUT2D eigenvalue weighted by Gasteiger charge is -2.07.